The van der Waals surface area contributed by atoms with Crippen molar-refractivity contribution in [3.05, 3.63) is 0 Å². The molecule has 0 saturated heterocycles. The molecule has 2 atom stereocenters. The van der Waals surface area contributed by atoms with E-state index in [2.05, 4.69) is 0 Å². The van der Waals surface area contributed by atoms with Crippen molar-refractivity contribution in [2.75, 3.05) is 6.61 Å². The minimum absolute atomic E-state index is 0.0193. The molecule has 0 spiro atoms. The minimum atomic E-state index is -0.417. The molecule has 0 bridgehead atoms. The fourth-order valence-corrected chi connectivity index (χ4v) is 0.640. The van der Waals surface area contributed by atoms with Crippen molar-refractivity contribution >= 4 is 5.97 Å². The number of hydrogen-bond acceptors (Lipinski definition) is 3. The zero-order valence-electron chi connectivity index (χ0n) is 8.04. The lowest BCUT2D eigenvalue weighted by molar-refractivity contribution is -0.145. The highest BCUT2D eigenvalue weighted by Crippen LogP contribution is 2.03. The summed E-state index contributed by atoms with van der Waals surface area (Å²) >= 11 is 0. The molecule has 0 amide bonds. The largest absolute Gasteiger partial charge is 0.465 e. The van der Waals surface area contributed by atoms with Crippen molar-refractivity contribution in [3.63, 3.8) is 0 Å². The molecule has 1 N–H and O–H groups in total. The molecule has 0 aliphatic rings. The van der Waals surface area contributed by atoms with Gasteiger partial charge in [0.2, 0.25) is 0 Å². The van der Waals surface area contributed by atoms with Crippen LogP contribution >= 0.6 is 0 Å². The van der Waals surface area contributed by atoms with Crippen molar-refractivity contribution in [3.8, 4) is 0 Å². The van der Waals surface area contributed by atoms with Gasteiger partial charge in [-0.3, -0.25) is 4.79 Å². The summed E-state index contributed by atoms with van der Waals surface area (Å²) in [5.74, 6) is -0.157. The summed E-state index contributed by atoms with van der Waals surface area (Å²) in [5, 5.41) is 9.07. The van der Waals surface area contributed by atoms with Gasteiger partial charge in [0.15, 0.2) is 0 Å². The first-order valence-electron chi connectivity index (χ1n) is 4.41. The highest BCUT2D eigenvalue weighted by atomic mass is 16.5. The molecular formula is C9H18O3. The second kappa shape index (κ2) is 6.00. The number of carbonyl (C=O) groups is 1. The Morgan fingerprint density at radius 3 is 2.50 bits per heavy atom. The number of carbonyl (C=O) groups excluding carboxylic acids is 1. The molecule has 0 aromatic carbocycles. The van der Waals surface area contributed by atoms with Crippen LogP contribution in [0.2, 0.25) is 0 Å². The molecule has 72 valence electrons. The zero-order chi connectivity index (χ0) is 9.56. The van der Waals surface area contributed by atoms with Crippen molar-refractivity contribution in [1.82, 2.24) is 0 Å². The maximum Gasteiger partial charge on any atom is 0.305 e. The summed E-state index contributed by atoms with van der Waals surface area (Å²) in [5.41, 5.74) is 0. The van der Waals surface area contributed by atoms with Crippen molar-refractivity contribution in [1.29, 1.82) is 0 Å². The molecule has 0 unspecified atom stereocenters. The van der Waals surface area contributed by atoms with Gasteiger partial charge >= 0.3 is 5.97 Å². The Bertz CT molecular complexity index is 132. The van der Waals surface area contributed by atoms with Gasteiger partial charge < -0.3 is 9.84 Å². The van der Waals surface area contributed by atoms with Crippen molar-refractivity contribution in [2.24, 2.45) is 5.92 Å². The number of rotatable bonds is 5. The van der Waals surface area contributed by atoms with E-state index in [9.17, 15) is 4.79 Å². The van der Waals surface area contributed by atoms with Crippen molar-refractivity contribution < 1.29 is 14.6 Å². The Morgan fingerprint density at radius 2 is 2.08 bits per heavy atom. The number of ether oxygens (including phenoxy) is 1. The summed E-state index contributed by atoms with van der Waals surface area (Å²) in [6, 6.07) is 0. The second-order valence-electron chi connectivity index (χ2n) is 3.15. The average Bonchev–Trinajstić information content (AvgIpc) is 2.00. The van der Waals surface area contributed by atoms with Gasteiger partial charge in [-0.15, -0.1) is 0 Å². The fourth-order valence-electron chi connectivity index (χ4n) is 0.640. The Labute approximate surface area is 73.7 Å². The first kappa shape index (κ1) is 11.4. The van der Waals surface area contributed by atoms with E-state index in [1.165, 1.54) is 0 Å². The van der Waals surface area contributed by atoms with Gasteiger partial charge in [-0.2, -0.15) is 0 Å². The second-order valence-corrected chi connectivity index (χ2v) is 3.15. The van der Waals surface area contributed by atoms with Crippen molar-refractivity contribution in [2.45, 2.75) is 39.7 Å². The molecule has 0 rings (SSSR count). The SMILES string of the molecule is CCCC(=O)OC[C@H](C)[C@H](C)O. The summed E-state index contributed by atoms with van der Waals surface area (Å²) < 4.78 is 4.91. The maximum absolute atomic E-state index is 10.9. The number of esters is 1. The van der Waals surface area contributed by atoms with E-state index in [-0.39, 0.29) is 11.9 Å². The summed E-state index contributed by atoms with van der Waals surface area (Å²) in [7, 11) is 0. The van der Waals surface area contributed by atoms with Gasteiger partial charge in [0.25, 0.3) is 0 Å². The molecule has 0 aromatic heterocycles. The smallest absolute Gasteiger partial charge is 0.305 e. The van der Waals surface area contributed by atoms with Crippen LogP contribution in [0.4, 0.5) is 0 Å². The molecule has 0 aromatic rings. The first-order valence-corrected chi connectivity index (χ1v) is 4.41. The standard InChI is InChI=1S/C9H18O3/c1-4-5-9(11)12-6-7(2)8(3)10/h7-8,10H,4-6H2,1-3H3/t7-,8-/m0/s1. The predicted octanol–water partition coefficient (Wildman–Crippen LogP) is 1.35. The predicted molar refractivity (Wildman–Crippen MR) is 46.7 cm³/mol. The van der Waals surface area contributed by atoms with Crippen LogP contribution in [0.25, 0.3) is 0 Å². The summed E-state index contributed by atoms with van der Waals surface area (Å²) in [6.45, 7) is 5.79. The first-order chi connectivity index (χ1) is 5.57. The highest BCUT2D eigenvalue weighted by molar-refractivity contribution is 5.69. The quantitative estimate of drug-likeness (QED) is 0.640. The Balaban J connectivity index is 3.47. The van der Waals surface area contributed by atoms with E-state index in [0.717, 1.165) is 6.42 Å². The third kappa shape index (κ3) is 5.13. The van der Waals surface area contributed by atoms with Gasteiger partial charge in [-0.1, -0.05) is 13.8 Å². The fraction of sp³-hybridized carbons (Fsp3) is 0.889. The molecule has 0 radical (unpaired) electrons. The Kier molecular flexibility index (Phi) is 5.72. The van der Waals surface area contributed by atoms with Crippen LogP contribution in [0.3, 0.4) is 0 Å². The average molecular weight is 174 g/mol. The Hall–Kier alpha value is -0.570. The third-order valence-corrected chi connectivity index (χ3v) is 1.78. The maximum atomic E-state index is 10.9. The Morgan fingerprint density at radius 1 is 1.50 bits per heavy atom. The van der Waals surface area contributed by atoms with E-state index in [4.69, 9.17) is 9.84 Å². The van der Waals surface area contributed by atoms with Gasteiger partial charge in [0.05, 0.1) is 12.7 Å². The van der Waals surface area contributed by atoms with Crippen LogP contribution < -0.4 is 0 Å². The van der Waals surface area contributed by atoms with Gasteiger partial charge in [-0.05, 0) is 13.3 Å². The molecule has 0 saturated carbocycles. The van der Waals surface area contributed by atoms with Crippen LogP contribution in [0.5, 0.6) is 0 Å². The zero-order valence-corrected chi connectivity index (χ0v) is 8.04. The molecule has 0 aliphatic heterocycles. The summed E-state index contributed by atoms with van der Waals surface area (Å²) in [6.07, 6.45) is 0.855. The van der Waals surface area contributed by atoms with E-state index >= 15 is 0 Å². The van der Waals surface area contributed by atoms with Crippen LogP contribution in [-0.4, -0.2) is 23.8 Å². The van der Waals surface area contributed by atoms with Crippen LogP contribution in [0, 0.1) is 5.92 Å². The normalized spacial score (nSPS) is 15.3. The molecule has 12 heavy (non-hydrogen) atoms. The molecule has 0 heterocycles. The van der Waals surface area contributed by atoms with E-state index in [1.54, 1.807) is 6.92 Å². The van der Waals surface area contributed by atoms with E-state index in [0.29, 0.717) is 13.0 Å². The van der Waals surface area contributed by atoms with Crippen LogP contribution in [-0.2, 0) is 9.53 Å². The lowest BCUT2D eigenvalue weighted by atomic mass is 10.1. The molecular weight excluding hydrogens is 156 g/mol. The lowest BCUT2D eigenvalue weighted by Gasteiger charge is -2.14. The van der Waals surface area contributed by atoms with Crippen LogP contribution in [0.1, 0.15) is 33.6 Å². The summed E-state index contributed by atoms with van der Waals surface area (Å²) in [4.78, 5) is 10.9. The van der Waals surface area contributed by atoms with E-state index in [1.807, 2.05) is 13.8 Å². The van der Waals surface area contributed by atoms with Crippen LogP contribution in [0.15, 0.2) is 0 Å². The third-order valence-electron chi connectivity index (χ3n) is 1.78. The molecule has 0 fully saturated rings. The molecule has 3 heteroatoms. The topological polar surface area (TPSA) is 46.5 Å². The number of hydrogen-bond donors (Lipinski definition) is 1. The molecule has 3 nitrogen and oxygen atoms in total. The number of aliphatic hydroxyl groups is 1. The minimum Gasteiger partial charge on any atom is -0.465 e. The molecule has 0 aliphatic carbocycles. The van der Waals surface area contributed by atoms with Gasteiger partial charge in [-0.25, -0.2) is 0 Å². The monoisotopic (exact) mass is 174 g/mol. The highest BCUT2D eigenvalue weighted by Gasteiger charge is 2.10. The van der Waals surface area contributed by atoms with Gasteiger partial charge in [0.1, 0.15) is 0 Å². The van der Waals surface area contributed by atoms with E-state index < -0.39 is 6.10 Å². The number of aliphatic hydroxyl groups excluding tert-OH is 1. The lowest BCUT2D eigenvalue weighted by Crippen LogP contribution is -2.20. The van der Waals surface area contributed by atoms with Gasteiger partial charge in [0, 0.05) is 12.3 Å².